The number of nitrogen functional groups attached to an aromatic ring is 1. The first kappa shape index (κ1) is 18.5. The van der Waals surface area contributed by atoms with Crippen LogP contribution < -0.4 is 5.73 Å². The molecule has 0 spiro atoms. The molecule has 2 N–H and O–H groups in total. The first-order valence-corrected chi connectivity index (χ1v) is 10.1. The van der Waals surface area contributed by atoms with Crippen LogP contribution in [0, 0.1) is 0 Å². The van der Waals surface area contributed by atoms with Crippen molar-refractivity contribution in [1.82, 2.24) is 9.55 Å². The van der Waals surface area contributed by atoms with Gasteiger partial charge < -0.3 is 10.3 Å². The molecular formula is C23H31N3. The Morgan fingerprint density at radius 2 is 1.54 bits per heavy atom. The summed E-state index contributed by atoms with van der Waals surface area (Å²) < 4.78 is 2.41. The van der Waals surface area contributed by atoms with Gasteiger partial charge in [-0.15, -0.1) is 0 Å². The minimum atomic E-state index is 0.810. The van der Waals surface area contributed by atoms with Crippen LogP contribution in [-0.2, 0) is 13.0 Å². The SMILES string of the molecule is CCCCCCCCCn1c(Cc2ccc(N)cc2)nc2ccccc21. The second-order valence-electron chi connectivity index (χ2n) is 7.21. The number of hydrogen-bond acceptors (Lipinski definition) is 2. The highest BCUT2D eigenvalue weighted by Crippen LogP contribution is 2.20. The number of fused-ring (bicyclic) bond motifs is 1. The number of unbranched alkanes of at least 4 members (excludes halogenated alkanes) is 6. The zero-order valence-corrected chi connectivity index (χ0v) is 16.0. The Morgan fingerprint density at radius 3 is 2.31 bits per heavy atom. The van der Waals surface area contributed by atoms with Crippen LogP contribution in [0.4, 0.5) is 5.69 Å². The quantitative estimate of drug-likeness (QED) is 0.362. The molecule has 3 heteroatoms. The van der Waals surface area contributed by atoms with Gasteiger partial charge in [-0.05, 0) is 36.2 Å². The van der Waals surface area contributed by atoms with Crippen LogP contribution in [0.5, 0.6) is 0 Å². The Balaban J connectivity index is 1.67. The summed E-state index contributed by atoms with van der Waals surface area (Å²) in [5.74, 6) is 1.15. The zero-order chi connectivity index (χ0) is 18.2. The first-order chi connectivity index (χ1) is 12.8. The monoisotopic (exact) mass is 349 g/mol. The predicted molar refractivity (Wildman–Crippen MR) is 111 cm³/mol. The third-order valence-electron chi connectivity index (χ3n) is 5.06. The smallest absolute Gasteiger partial charge is 0.114 e. The lowest BCUT2D eigenvalue weighted by molar-refractivity contribution is 0.548. The van der Waals surface area contributed by atoms with E-state index >= 15 is 0 Å². The normalized spacial score (nSPS) is 11.3. The molecule has 0 amide bonds. The van der Waals surface area contributed by atoms with Gasteiger partial charge in [0.05, 0.1) is 11.0 Å². The number of nitrogens with zero attached hydrogens (tertiary/aromatic N) is 2. The Morgan fingerprint density at radius 1 is 0.846 bits per heavy atom. The van der Waals surface area contributed by atoms with Crippen LogP contribution in [0.2, 0.25) is 0 Å². The summed E-state index contributed by atoms with van der Waals surface area (Å²) in [5, 5.41) is 0. The molecule has 1 aromatic heterocycles. The lowest BCUT2D eigenvalue weighted by atomic mass is 10.1. The van der Waals surface area contributed by atoms with E-state index in [1.54, 1.807) is 0 Å². The summed E-state index contributed by atoms with van der Waals surface area (Å²) in [7, 11) is 0. The van der Waals surface area contributed by atoms with E-state index in [0.717, 1.165) is 30.0 Å². The third kappa shape index (κ3) is 4.87. The van der Waals surface area contributed by atoms with Crippen molar-refractivity contribution < 1.29 is 0 Å². The van der Waals surface area contributed by atoms with Gasteiger partial charge in [0, 0.05) is 18.7 Å². The number of rotatable bonds is 10. The largest absolute Gasteiger partial charge is 0.399 e. The van der Waals surface area contributed by atoms with Crippen molar-refractivity contribution in [2.24, 2.45) is 0 Å². The number of imidazole rings is 1. The summed E-state index contributed by atoms with van der Waals surface area (Å²) in [6.45, 7) is 3.32. The average molecular weight is 350 g/mol. The Labute approximate surface area is 157 Å². The molecule has 0 saturated heterocycles. The summed E-state index contributed by atoms with van der Waals surface area (Å²) >= 11 is 0. The highest BCUT2D eigenvalue weighted by atomic mass is 15.1. The van der Waals surface area contributed by atoms with Crippen molar-refractivity contribution >= 4 is 16.7 Å². The molecule has 2 aromatic carbocycles. The van der Waals surface area contributed by atoms with E-state index in [2.05, 4.69) is 47.9 Å². The molecule has 0 bridgehead atoms. The molecule has 3 rings (SSSR count). The number of para-hydroxylation sites is 2. The molecule has 138 valence electrons. The molecule has 0 radical (unpaired) electrons. The van der Waals surface area contributed by atoms with E-state index < -0.39 is 0 Å². The summed E-state index contributed by atoms with van der Waals surface area (Å²) in [5.41, 5.74) is 10.2. The van der Waals surface area contributed by atoms with E-state index in [9.17, 15) is 0 Å². The maximum absolute atomic E-state index is 5.81. The molecule has 0 aliphatic carbocycles. The molecule has 0 unspecified atom stereocenters. The number of aromatic nitrogens is 2. The molecular weight excluding hydrogens is 318 g/mol. The van der Waals surface area contributed by atoms with Crippen molar-refractivity contribution in [2.75, 3.05) is 5.73 Å². The minimum absolute atomic E-state index is 0.810. The molecule has 26 heavy (non-hydrogen) atoms. The molecule has 0 saturated carbocycles. The number of aryl methyl sites for hydroxylation is 1. The van der Waals surface area contributed by atoms with Crippen LogP contribution in [0.1, 0.15) is 63.3 Å². The number of anilines is 1. The summed E-state index contributed by atoms with van der Waals surface area (Å²) in [6, 6.07) is 16.6. The second-order valence-corrected chi connectivity index (χ2v) is 7.21. The molecule has 0 aliphatic rings. The van der Waals surface area contributed by atoms with Gasteiger partial charge in [0.1, 0.15) is 5.82 Å². The van der Waals surface area contributed by atoms with Crippen molar-refractivity contribution in [2.45, 2.75) is 64.8 Å². The van der Waals surface area contributed by atoms with E-state index in [1.165, 1.54) is 56.0 Å². The van der Waals surface area contributed by atoms with Gasteiger partial charge in [0.2, 0.25) is 0 Å². The van der Waals surface area contributed by atoms with Crippen molar-refractivity contribution in [3.05, 3.63) is 59.9 Å². The van der Waals surface area contributed by atoms with E-state index in [-0.39, 0.29) is 0 Å². The maximum Gasteiger partial charge on any atom is 0.114 e. The number of nitrogens with two attached hydrogens (primary N) is 1. The van der Waals surface area contributed by atoms with E-state index in [0.29, 0.717) is 0 Å². The molecule has 3 nitrogen and oxygen atoms in total. The third-order valence-corrected chi connectivity index (χ3v) is 5.06. The van der Waals surface area contributed by atoms with Crippen molar-refractivity contribution in [1.29, 1.82) is 0 Å². The lowest BCUT2D eigenvalue weighted by Gasteiger charge is -2.10. The average Bonchev–Trinajstić information content (AvgIpc) is 3.00. The summed E-state index contributed by atoms with van der Waals surface area (Å²) in [6.07, 6.45) is 10.2. The second kappa shape index (κ2) is 9.42. The van der Waals surface area contributed by atoms with Crippen LogP contribution in [0.15, 0.2) is 48.5 Å². The lowest BCUT2D eigenvalue weighted by Crippen LogP contribution is -2.05. The van der Waals surface area contributed by atoms with Crippen LogP contribution >= 0.6 is 0 Å². The fourth-order valence-electron chi connectivity index (χ4n) is 3.55. The van der Waals surface area contributed by atoms with Crippen LogP contribution in [-0.4, -0.2) is 9.55 Å². The van der Waals surface area contributed by atoms with Gasteiger partial charge in [-0.25, -0.2) is 4.98 Å². The van der Waals surface area contributed by atoms with Crippen molar-refractivity contribution in [3.8, 4) is 0 Å². The molecule has 3 aromatic rings. The van der Waals surface area contributed by atoms with Crippen LogP contribution in [0.3, 0.4) is 0 Å². The van der Waals surface area contributed by atoms with Gasteiger partial charge in [0.25, 0.3) is 0 Å². The van der Waals surface area contributed by atoms with E-state index in [1.807, 2.05) is 12.1 Å². The highest BCUT2D eigenvalue weighted by Gasteiger charge is 2.10. The Hall–Kier alpha value is -2.29. The maximum atomic E-state index is 5.81. The summed E-state index contributed by atoms with van der Waals surface area (Å²) in [4.78, 5) is 4.90. The fourth-order valence-corrected chi connectivity index (χ4v) is 3.55. The number of benzene rings is 2. The highest BCUT2D eigenvalue weighted by molar-refractivity contribution is 5.76. The Kier molecular flexibility index (Phi) is 6.70. The molecule has 0 aliphatic heterocycles. The zero-order valence-electron chi connectivity index (χ0n) is 16.0. The molecule has 0 atom stereocenters. The Bertz CT molecular complexity index is 802. The topological polar surface area (TPSA) is 43.8 Å². The first-order valence-electron chi connectivity index (χ1n) is 10.1. The predicted octanol–water partition coefficient (Wildman–Crippen LogP) is 5.96. The minimum Gasteiger partial charge on any atom is -0.399 e. The van der Waals surface area contributed by atoms with Gasteiger partial charge in [0.15, 0.2) is 0 Å². The molecule has 0 fully saturated rings. The number of hydrogen-bond donors (Lipinski definition) is 1. The van der Waals surface area contributed by atoms with Gasteiger partial charge in [-0.2, -0.15) is 0 Å². The van der Waals surface area contributed by atoms with Gasteiger partial charge in [-0.3, -0.25) is 0 Å². The van der Waals surface area contributed by atoms with E-state index in [4.69, 9.17) is 10.7 Å². The van der Waals surface area contributed by atoms with Gasteiger partial charge >= 0.3 is 0 Å². The van der Waals surface area contributed by atoms with Crippen molar-refractivity contribution in [3.63, 3.8) is 0 Å². The standard InChI is InChI=1S/C23H31N3/c1-2-3-4-5-6-7-10-17-26-22-12-9-8-11-21(22)25-23(26)18-19-13-15-20(24)16-14-19/h8-9,11-16H,2-7,10,17-18,24H2,1H3. The molecule has 1 heterocycles. The van der Waals surface area contributed by atoms with Gasteiger partial charge in [-0.1, -0.05) is 69.7 Å². The fraction of sp³-hybridized carbons (Fsp3) is 0.435. The van der Waals surface area contributed by atoms with Crippen LogP contribution in [0.25, 0.3) is 11.0 Å².